The number of para-hydroxylation sites is 1. The Morgan fingerprint density at radius 1 is 0.767 bits per heavy atom. The van der Waals surface area contributed by atoms with Gasteiger partial charge in [-0.05, 0) is 24.3 Å². The van der Waals surface area contributed by atoms with E-state index in [9.17, 15) is 30.3 Å². The number of anilines is 1. The van der Waals surface area contributed by atoms with Crippen molar-refractivity contribution in [2.24, 2.45) is 0 Å². The summed E-state index contributed by atoms with van der Waals surface area (Å²) in [6, 6.07) is 13.4. The van der Waals surface area contributed by atoms with Crippen LogP contribution < -0.4 is 5.43 Å². The van der Waals surface area contributed by atoms with Crippen LogP contribution in [-0.4, -0.2) is 19.4 Å². The van der Waals surface area contributed by atoms with Gasteiger partial charge in [0.25, 0.3) is 5.69 Å². The number of nitro groups is 3. The van der Waals surface area contributed by atoms with Gasteiger partial charge in [0.1, 0.15) is 0 Å². The topological polar surface area (TPSA) is 146 Å². The van der Waals surface area contributed by atoms with Crippen LogP contribution in [0.4, 0.5) is 22.7 Å². The van der Waals surface area contributed by atoms with E-state index in [1.807, 2.05) is 6.07 Å². The Labute approximate surface area is 171 Å². The molecule has 0 aliphatic carbocycles. The predicted octanol–water partition coefficient (Wildman–Crippen LogP) is 5.05. The summed E-state index contributed by atoms with van der Waals surface area (Å²) in [5, 5.41) is 36.2. The van der Waals surface area contributed by atoms with Crippen LogP contribution >= 0.6 is 11.6 Å². The highest BCUT2D eigenvalue weighted by atomic mass is 35.5. The number of aromatic nitrogens is 1. The van der Waals surface area contributed by atoms with Crippen molar-refractivity contribution in [1.82, 2.24) is 4.68 Å². The molecular formula is C18H10ClN5O6. The van der Waals surface area contributed by atoms with Crippen molar-refractivity contribution in [3.8, 4) is 0 Å². The maximum absolute atomic E-state index is 11.6. The average molecular weight is 428 g/mol. The monoisotopic (exact) mass is 427 g/mol. The van der Waals surface area contributed by atoms with E-state index >= 15 is 0 Å². The van der Waals surface area contributed by atoms with E-state index in [4.69, 9.17) is 11.6 Å². The summed E-state index contributed by atoms with van der Waals surface area (Å²) >= 11 is 6.10. The smallest absolute Gasteiger partial charge is 0.282 e. The number of halogens is 1. The van der Waals surface area contributed by atoms with Crippen molar-refractivity contribution in [2.45, 2.75) is 0 Å². The van der Waals surface area contributed by atoms with Gasteiger partial charge in [-0.15, -0.1) is 0 Å². The third-order valence-electron chi connectivity index (χ3n) is 4.54. The van der Waals surface area contributed by atoms with Crippen molar-refractivity contribution in [1.29, 1.82) is 0 Å². The molecule has 0 atom stereocenters. The second-order valence-corrected chi connectivity index (χ2v) is 6.69. The molecule has 3 aromatic carbocycles. The highest BCUT2D eigenvalue weighted by Gasteiger charge is 2.31. The molecule has 0 fully saturated rings. The molecule has 1 heterocycles. The third kappa shape index (κ3) is 3.02. The van der Waals surface area contributed by atoms with Crippen LogP contribution in [0.1, 0.15) is 0 Å². The largest absolute Gasteiger partial charge is 0.308 e. The van der Waals surface area contributed by atoms with Gasteiger partial charge in [-0.2, -0.15) is 0 Å². The lowest BCUT2D eigenvalue weighted by Gasteiger charge is -2.12. The maximum Gasteiger partial charge on any atom is 0.308 e. The van der Waals surface area contributed by atoms with E-state index in [2.05, 4.69) is 5.43 Å². The number of hydrogen-bond acceptors (Lipinski definition) is 7. The number of non-ortho nitro benzene ring substituents is 1. The molecule has 0 saturated carbocycles. The first-order chi connectivity index (χ1) is 14.3. The molecule has 0 unspecified atom stereocenters. The molecule has 1 N–H and O–H groups in total. The van der Waals surface area contributed by atoms with E-state index in [1.54, 1.807) is 36.4 Å². The highest BCUT2D eigenvalue weighted by molar-refractivity contribution is 6.31. The lowest BCUT2D eigenvalue weighted by molar-refractivity contribution is -0.401. The van der Waals surface area contributed by atoms with Crippen molar-refractivity contribution < 1.29 is 14.8 Å². The molecule has 4 rings (SSSR count). The fourth-order valence-corrected chi connectivity index (χ4v) is 3.45. The lowest BCUT2D eigenvalue weighted by Crippen LogP contribution is -2.12. The molecular weight excluding hydrogens is 418 g/mol. The summed E-state index contributed by atoms with van der Waals surface area (Å²) in [6.07, 6.45) is 0. The molecule has 0 spiro atoms. The van der Waals surface area contributed by atoms with Gasteiger partial charge in [-0.3, -0.25) is 40.4 Å². The Bertz CT molecular complexity index is 1350. The molecule has 0 radical (unpaired) electrons. The van der Waals surface area contributed by atoms with Gasteiger partial charge in [0, 0.05) is 15.8 Å². The summed E-state index contributed by atoms with van der Waals surface area (Å²) < 4.78 is 1.45. The zero-order valence-electron chi connectivity index (χ0n) is 14.8. The quantitative estimate of drug-likeness (QED) is 0.346. The first kappa shape index (κ1) is 19.1. The van der Waals surface area contributed by atoms with Crippen LogP contribution in [0.25, 0.3) is 21.8 Å². The predicted molar refractivity (Wildman–Crippen MR) is 110 cm³/mol. The SMILES string of the molecule is O=[N+]([O-])c1cc([N+](=O)[O-])c(Nn2c3ccccc3c3cc(Cl)ccc32)c([N+](=O)[O-])c1. The Hall–Kier alpha value is -4.25. The molecule has 4 aromatic rings. The number of nitro benzene ring substituents is 3. The van der Waals surface area contributed by atoms with Crippen LogP contribution in [0, 0.1) is 30.3 Å². The van der Waals surface area contributed by atoms with Crippen molar-refractivity contribution >= 4 is 56.2 Å². The first-order valence-electron chi connectivity index (χ1n) is 8.35. The van der Waals surface area contributed by atoms with Crippen LogP contribution in [0.3, 0.4) is 0 Å². The third-order valence-corrected chi connectivity index (χ3v) is 4.78. The van der Waals surface area contributed by atoms with Crippen LogP contribution in [0.15, 0.2) is 54.6 Å². The lowest BCUT2D eigenvalue weighted by atomic mass is 10.2. The fourth-order valence-electron chi connectivity index (χ4n) is 3.28. The van der Waals surface area contributed by atoms with Crippen LogP contribution in [-0.2, 0) is 0 Å². The van der Waals surface area contributed by atoms with Gasteiger partial charge in [0.2, 0.25) is 5.69 Å². The minimum atomic E-state index is -0.924. The number of benzene rings is 3. The highest BCUT2D eigenvalue weighted by Crippen LogP contribution is 2.40. The van der Waals surface area contributed by atoms with Gasteiger partial charge < -0.3 is 0 Å². The Morgan fingerprint density at radius 3 is 1.97 bits per heavy atom. The number of nitrogens with zero attached hydrogens (tertiary/aromatic N) is 4. The second kappa shape index (κ2) is 6.97. The van der Waals surface area contributed by atoms with Crippen LogP contribution in [0.2, 0.25) is 5.02 Å². The van der Waals surface area contributed by atoms with E-state index in [0.29, 0.717) is 28.2 Å². The number of nitrogens with one attached hydrogen (secondary N) is 1. The van der Waals surface area contributed by atoms with Gasteiger partial charge in [0.05, 0.1) is 37.9 Å². The van der Waals surface area contributed by atoms with Crippen molar-refractivity contribution in [3.63, 3.8) is 0 Å². The van der Waals surface area contributed by atoms with E-state index in [0.717, 1.165) is 10.8 Å². The summed E-state index contributed by atoms with van der Waals surface area (Å²) in [7, 11) is 0. The maximum atomic E-state index is 11.6. The number of rotatable bonds is 5. The summed E-state index contributed by atoms with van der Waals surface area (Å²) in [5.41, 5.74) is 1.04. The molecule has 1 aromatic heterocycles. The van der Waals surface area contributed by atoms with E-state index < -0.39 is 37.5 Å². The zero-order valence-corrected chi connectivity index (χ0v) is 15.6. The van der Waals surface area contributed by atoms with Gasteiger partial charge in [-0.1, -0.05) is 29.8 Å². The molecule has 11 nitrogen and oxygen atoms in total. The van der Waals surface area contributed by atoms with Gasteiger partial charge in [-0.25, -0.2) is 0 Å². The molecule has 0 amide bonds. The van der Waals surface area contributed by atoms with Crippen molar-refractivity contribution in [2.75, 3.05) is 5.43 Å². The van der Waals surface area contributed by atoms with Gasteiger partial charge in [0.15, 0.2) is 0 Å². The summed E-state index contributed by atoms with van der Waals surface area (Å²) in [5.74, 6) is 0. The van der Waals surface area contributed by atoms with Gasteiger partial charge >= 0.3 is 11.4 Å². The van der Waals surface area contributed by atoms with Crippen LogP contribution in [0.5, 0.6) is 0 Å². The standard InChI is InChI=1S/C18H10ClN5O6/c19-10-5-6-15-13(7-10)12-3-1-2-4-14(12)21(15)20-18-16(23(27)28)8-11(22(25)26)9-17(18)24(29)30/h1-9,20H. The zero-order chi connectivity index (χ0) is 21.6. The molecule has 150 valence electrons. The molecule has 0 saturated heterocycles. The molecule has 12 heteroatoms. The Morgan fingerprint density at radius 2 is 1.37 bits per heavy atom. The fraction of sp³-hybridized carbons (Fsp3) is 0. The molecule has 0 aliphatic rings. The summed E-state index contributed by atoms with van der Waals surface area (Å²) in [6.45, 7) is 0. The molecule has 0 bridgehead atoms. The average Bonchev–Trinajstić information content (AvgIpc) is 3.00. The van der Waals surface area contributed by atoms with Crippen molar-refractivity contribution in [3.05, 3.63) is 90.0 Å². The molecule has 30 heavy (non-hydrogen) atoms. The Kier molecular flexibility index (Phi) is 4.43. The number of fused-ring (bicyclic) bond motifs is 3. The summed E-state index contributed by atoms with van der Waals surface area (Å²) in [4.78, 5) is 31.5. The minimum absolute atomic E-state index is 0.470. The number of hydrogen-bond donors (Lipinski definition) is 1. The molecule has 0 aliphatic heterocycles. The first-order valence-corrected chi connectivity index (χ1v) is 8.72. The Balaban J connectivity index is 2.03. The van der Waals surface area contributed by atoms with E-state index in [-0.39, 0.29) is 0 Å². The minimum Gasteiger partial charge on any atom is -0.282 e. The van der Waals surface area contributed by atoms with E-state index in [1.165, 1.54) is 4.68 Å². The second-order valence-electron chi connectivity index (χ2n) is 6.26. The normalized spacial score (nSPS) is 11.0.